The minimum Gasteiger partial charge on any atom is -0.476 e. The number of benzene rings is 1. The van der Waals surface area contributed by atoms with Crippen molar-refractivity contribution in [2.75, 3.05) is 65.1 Å². The molecule has 1 fully saturated rings. The highest BCUT2D eigenvalue weighted by Crippen LogP contribution is 2.26. The maximum Gasteiger partial charge on any atom is 0.278 e. The van der Waals surface area contributed by atoms with Crippen molar-refractivity contribution in [2.45, 2.75) is 4.90 Å². The van der Waals surface area contributed by atoms with Gasteiger partial charge in [-0.2, -0.15) is 5.10 Å². The van der Waals surface area contributed by atoms with E-state index in [4.69, 9.17) is 9.47 Å². The van der Waals surface area contributed by atoms with Gasteiger partial charge >= 0.3 is 0 Å². The van der Waals surface area contributed by atoms with Gasteiger partial charge in [-0.05, 0) is 32.3 Å². The number of aromatic nitrogens is 2. The maximum absolute atomic E-state index is 13.3. The molecular weight excluding hydrogens is 488 g/mol. The van der Waals surface area contributed by atoms with Crippen LogP contribution in [0.25, 0.3) is 10.3 Å². The van der Waals surface area contributed by atoms with Gasteiger partial charge < -0.3 is 14.4 Å². The normalized spacial score (nSPS) is 15.4. The second kappa shape index (κ2) is 11.7. The number of carbonyl (C=O) groups is 1. The predicted octanol–water partition coefficient (Wildman–Crippen LogP) is 2.04. The number of hydrazone groups is 1. The summed E-state index contributed by atoms with van der Waals surface area (Å²) in [5, 5.41) is 9.72. The third kappa shape index (κ3) is 6.82. The highest BCUT2D eigenvalue weighted by Gasteiger charge is 2.20. The summed E-state index contributed by atoms with van der Waals surface area (Å²) < 4.78 is 22.9. The number of morpholine rings is 1. The standard InChI is InChI=1S/C23H28N6O4S2/c1-28(2)10-15-33-19-9-8-18-22(25-19)34-23(24-18)26-21(30)20(27-29-11-13-32-14-12-29)16-4-6-17(7-5-16)35(3)31/h4-9H,10-15H2,1-3H3,(H,24,26,30)/b27-20+. The van der Waals surface area contributed by atoms with Gasteiger partial charge in [0.05, 0.1) is 26.3 Å². The van der Waals surface area contributed by atoms with Gasteiger partial charge in [0.2, 0.25) is 5.88 Å². The number of thiazole rings is 1. The van der Waals surface area contributed by atoms with E-state index in [2.05, 4.69) is 20.4 Å². The molecule has 12 heteroatoms. The van der Waals surface area contributed by atoms with E-state index in [-0.39, 0.29) is 11.6 Å². The van der Waals surface area contributed by atoms with Crippen molar-refractivity contribution in [2.24, 2.45) is 5.10 Å². The van der Waals surface area contributed by atoms with Crippen molar-refractivity contribution in [1.29, 1.82) is 0 Å². The van der Waals surface area contributed by atoms with Crippen LogP contribution in [0.15, 0.2) is 46.4 Å². The van der Waals surface area contributed by atoms with Gasteiger partial charge in [0.1, 0.15) is 17.0 Å². The molecule has 0 aliphatic carbocycles. The van der Waals surface area contributed by atoms with Crippen LogP contribution in [-0.4, -0.2) is 95.5 Å². The topological polar surface area (TPSA) is 109 Å². The number of hydrogen-bond donors (Lipinski definition) is 1. The molecule has 4 rings (SSSR count). The molecule has 2 aromatic heterocycles. The van der Waals surface area contributed by atoms with Crippen molar-refractivity contribution < 1.29 is 18.5 Å². The van der Waals surface area contributed by atoms with E-state index in [9.17, 15) is 9.00 Å². The van der Waals surface area contributed by atoms with Crippen molar-refractivity contribution in [3.05, 3.63) is 42.0 Å². The van der Waals surface area contributed by atoms with E-state index >= 15 is 0 Å². The molecule has 0 radical (unpaired) electrons. The summed E-state index contributed by atoms with van der Waals surface area (Å²) in [7, 11) is 2.85. The summed E-state index contributed by atoms with van der Waals surface area (Å²) in [4.78, 5) is 25.7. The summed E-state index contributed by atoms with van der Waals surface area (Å²) in [6, 6.07) is 10.6. The maximum atomic E-state index is 13.3. The zero-order valence-electron chi connectivity index (χ0n) is 19.9. The Bertz CT molecular complexity index is 1220. The molecule has 0 saturated carbocycles. The number of hydrogen-bond acceptors (Lipinski definition) is 10. The summed E-state index contributed by atoms with van der Waals surface area (Å²) in [5.74, 6) is 0.132. The molecule has 0 spiro atoms. The minimum absolute atomic E-state index is 0.250. The first-order valence-electron chi connectivity index (χ1n) is 11.1. The van der Waals surface area contributed by atoms with Crippen molar-refractivity contribution in [3.8, 4) is 5.88 Å². The van der Waals surface area contributed by atoms with Crippen LogP contribution >= 0.6 is 11.3 Å². The predicted molar refractivity (Wildman–Crippen MR) is 138 cm³/mol. The van der Waals surface area contributed by atoms with Crippen LogP contribution in [0.1, 0.15) is 5.56 Å². The van der Waals surface area contributed by atoms with Gasteiger partial charge in [0, 0.05) is 40.1 Å². The van der Waals surface area contributed by atoms with Gasteiger partial charge in [-0.3, -0.25) is 19.3 Å². The summed E-state index contributed by atoms with van der Waals surface area (Å²) >= 11 is 1.27. The molecule has 0 bridgehead atoms. The molecule has 1 aliphatic heterocycles. The van der Waals surface area contributed by atoms with Gasteiger partial charge in [0.25, 0.3) is 5.91 Å². The fourth-order valence-electron chi connectivity index (χ4n) is 3.26. The summed E-state index contributed by atoms with van der Waals surface area (Å²) in [6.45, 7) is 3.60. The first-order valence-corrected chi connectivity index (χ1v) is 13.5. The highest BCUT2D eigenvalue weighted by atomic mass is 32.2. The molecule has 35 heavy (non-hydrogen) atoms. The van der Waals surface area contributed by atoms with Gasteiger partial charge in [0.15, 0.2) is 10.8 Å². The Kier molecular flexibility index (Phi) is 8.39. The smallest absolute Gasteiger partial charge is 0.278 e. The average Bonchev–Trinajstić information content (AvgIpc) is 3.24. The number of anilines is 1. The molecule has 3 heterocycles. The Morgan fingerprint density at radius 1 is 1.20 bits per heavy atom. The number of rotatable bonds is 9. The third-order valence-corrected chi connectivity index (χ3v) is 6.96. The first-order chi connectivity index (χ1) is 16.9. The molecule has 1 unspecified atom stereocenters. The number of nitrogens with one attached hydrogen (secondary N) is 1. The second-order valence-corrected chi connectivity index (χ2v) is 10.4. The van der Waals surface area contributed by atoms with Crippen LogP contribution in [0, 0.1) is 0 Å². The minimum atomic E-state index is -1.11. The zero-order valence-corrected chi connectivity index (χ0v) is 21.5. The Balaban J connectivity index is 1.54. The fraction of sp³-hybridized carbons (Fsp3) is 0.391. The van der Waals surface area contributed by atoms with Crippen LogP contribution in [-0.2, 0) is 20.3 Å². The molecule has 1 aliphatic rings. The molecular formula is C23H28N6O4S2. The van der Waals surface area contributed by atoms with Crippen LogP contribution in [0.5, 0.6) is 5.88 Å². The number of amides is 1. The van der Waals surface area contributed by atoms with Gasteiger partial charge in [-0.15, -0.1) is 0 Å². The molecule has 1 aromatic carbocycles. The number of ether oxygens (including phenoxy) is 2. The zero-order chi connectivity index (χ0) is 24.8. The van der Waals surface area contributed by atoms with E-state index in [0.717, 1.165) is 6.54 Å². The molecule has 1 N–H and O–H groups in total. The molecule has 1 amide bonds. The van der Waals surface area contributed by atoms with Crippen LogP contribution in [0.2, 0.25) is 0 Å². The largest absolute Gasteiger partial charge is 0.476 e. The van der Waals surface area contributed by atoms with E-state index < -0.39 is 10.8 Å². The van der Waals surface area contributed by atoms with E-state index in [1.807, 2.05) is 30.1 Å². The molecule has 3 aromatic rings. The van der Waals surface area contributed by atoms with E-state index in [0.29, 0.717) is 64.7 Å². The lowest BCUT2D eigenvalue weighted by atomic mass is 10.1. The SMILES string of the molecule is CN(C)CCOc1ccc2nc(NC(=O)/C(=N/N3CCOCC3)c3ccc(S(C)=O)cc3)sc2n1. The molecule has 10 nitrogen and oxygen atoms in total. The fourth-order valence-corrected chi connectivity index (χ4v) is 4.60. The van der Waals surface area contributed by atoms with E-state index in [1.54, 1.807) is 36.6 Å². The lowest BCUT2D eigenvalue weighted by Gasteiger charge is -2.24. The van der Waals surface area contributed by atoms with Gasteiger partial charge in [-0.1, -0.05) is 23.5 Å². The Morgan fingerprint density at radius 2 is 1.94 bits per heavy atom. The number of likely N-dealkylation sites (N-methyl/N-ethyl adjacent to an activating group) is 1. The number of pyridine rings is 1. The quantitative estimate of drug-likeness (QED) is 0.431. The Labute approximate surface area is 210 Å². The third-order valence-electron chi connectivity index (χ3n) is 5.14. The number of nitrogens with zero attached hydrogens (tertiary/aromatic N) is 5. The lowest BCUT2D eigenvalue weighted by Crippen LogP contribution is -2.35. The number of fused-ring (bicyclic) bond motifs is 1. The second-order valence-electron chi connectivity index (χ2n) is 8.09. The van der Waals surface area contributed by atoms with Crippen LogP contribution in [0.4, 0.5) is 5.13 Å². The summed E-state index contributed by atoms with van der Waals surface area (Å²) in [5.41, 5.74) is 1.55. The van der Waals surface area contributed by atoms with Gasteiger partial charge in [-0.25, -0.2) is 9.97 Å². The Hall–Kier alpha value is -2.93. The van der Waals surface area contributed by atoms with Crippen LogP contribution < -0.4 is 10.1 Å². The Morgan fingerprint density at radius 3 is 2.63 bits per heavy atom. The monoisotopic (exact) mass is 516 g/mol. The lowest BCUT2D eigenvalue weighted by molar-refractivity contribution is -0.110. The van der Waals surface area contributed by atoms with Crippen molar-refractivity contribution in [1.82, 2.24) is 19.9 Å². The van der Waals surface area contributed by atoms with Crippen molar-refractivity contribution >= 4 is 49.2 Å². The first kappa shape index (κ1) is 25.2. The molecule has 1 atom stereocenters. The van der Waals surface area contributed by atoms with E-state index in [1.165, 1.54) is 11.3 Å². The summed E-state index contributed by atoms with van der Waals surface area (Å²) in [6.07, 6.45) is 1.62. The molecule has 186 valence electrons. The average molecular weight is 517 g/mol. The van der Waals surface area contributed by atoms with Crippen molar-refractivity contribution in [3.63, 3.8) is 0 Å². The van der Waals surface area contributed by atoms with Crippen LogP contribution in [0.3, 0.4) is 0 Å². The number of carbonyl (C=O) groups excluding carboxylic acids is 1. The highest BCUT2D eigenvalue weighted by molar-refractivity contribution is 7.84. The molecule has 1 saturated heterocycles.